The second-order valence-corrected chi connectivity index (χ2v) is 6.29. The van der Waals surface area contributed by atoms with Gasteiger partial charge < -0.3 is 24.4 Å². The molecular weight excluding hydrogens is 316 g/mol. The lowest BCUT2D eigenvalue weighted by molar-refractivity contribution is 0.324. The monoisotopic (exact) mass is 344 g/mol. The number of aryl methyl sites for hydroxylation is 1. The van der Waals surface area contributed by atoms with Crippen LogP contribution in [-0.4, -0.2) is 40.3 Å². The van der Waals surface area contributed by atoms with Gasteiger partial charge in [-0.05, 0) is 50.3 Å². The minimum Gasteiger partial charge on any atom is -0.493 e. The fourth-order valence-electron chi connectivity index (χ4n) is 2.80. The molecule has 0 spiro atoms. The number of methoxy groups -OCH3 is 3. The highest BCUT2D eigenvalue weighted by Gasteiger charge is 2.13. The van der Waals surface area contributed by atoms with Crippen LogP contribution in [0.1, 0.15) is 16.7 Å². The summed E-state index contributed by atoms with van der Waals surface area (Å²) in [6.07, 6.45) is 0. The summed E-state index contributed by atoms with van der Waals surface area (Å²) in [6, 6.07) is 10.4. The fourth-order valence-corrected chi connectivity index (χ4v) is 2.80. The average Bonchev–Trinajstić information content (AvgIpc) is 2.59. The summed E-state index contributed by atoms with van der Waals surface area (Å²) >= 11 is 0. The van der Waals surface area contributed by atoms with E-state index in [1.165, 1.54) is 11.1 Å². The zero-order valence-corrected chi connectivity index (χ0v) is 16.0. The molecule has 0 aliphatic rings. The lowest BCUT2D eigenvalue weighted by atomic mass is 10.1. The van der Waals surface area contributed by atoms with Crippen molar-refractivity contribution in [2.75, 3.05) is 40.7 Å². The van der Waals surface area contributed by atoms with Crippen molar-refractivity contribution >= 4 is 5.69 Å². The molecule has 0 saturated carbocycles. The molecule has 0 radical (unpaired) electrons. The Labute approximate surface area is 150 Å². The summed E-state index contributed by atoms with van der Waals surface area (Å²) in [5, 5.41) is 3.52. The summed E-state index contributed by atoms with van der Waals surface area (Å²) in [5.74, 6) is 1.93. The van der Waals surface area contributed by atoms with E-state index in [9.17, 15) is 0 Å². The Hall–Kier alpha value is -2.40. The van der Waals surface area contributed by atoms with Gasteiger partial charge >= 0.3 is 0 Å². The Kier molecular flexibility index (Phi) is 6.53. The number of nitrogens with one attached hydrogen (secondary N) is 1. The number of benzene rings is 2. The van der Waals surface area contributed by atoms with E-state index in [2.05, 4.69) is 49.4 Å². The molecule has 0 bridgehead atoms. The van der Waals surface area contributed by atoms with Gasteiger partial charge in [0.25, 0.3) is 0 Å². The van der Waals surface area contributed by atoms with Crippen molar-refractivity contribution in [1.29, 1.82) is 0 Å². The minimum absolute atomic E-state index is 0.609. The van der Waals surface area contributed by atoms with Gasteiger partial charge in [0.1, 0.15) is 0 Å². The van der Waals surface area contributed by atoms with Gasteiger partial charge in [-0.25, -0.2) is 0 Å². The van der Waals surface area contributed by atoms with Crippen LogP contribution in [0, 0.1) is 6.92 Å². The first-order chi connectivity index (χ1) is 12.0. The smallest absolute Gasteiger partial charge is 0.203 e. The molecule has 2 rings (SSSR count). The van der Waals surface area contributed by atoms with Gasteiger partial charge in [-0.2, -0.15) is 0 Å². The van der Waals surface area contributed by atoms with Crippen LogP contribution in [0.15, 0.2) is 30.3 Å². The Morgan fingerprint density at radius 2 is 1.56 bits per heavy atom. The van der Waals surface area contributed by atoms with E-state index in [1.807, 2.05) is 12.1 Å². The molecule has 0 fully saturated rings. The van der Waals surface area contributed by atoms with E-state index in [1.54, 1.807) is 21.3 Å². The van der Waals surface area contributed by atoms with Crippen molar-refractivity contribution in [3.05, 3.63) is 47.0 Å². The molecule has 5 heteroatoms. The van der Waals surface area contributed by atoms with Crippen LogP contribution in [0.4, 0.5) is 5.69 Å². The molecule has 0 aliphatic heterocycles. The van der Waals surface area contributed by atoms with E-state index >= 15 is 0 Å². The first-order valence-electron chi connectivity index (χ1n) is 8.25. The van der Waals surface area contributed by atoms with Gasteiger partial charge in [0.15, 0.2) is 11.5 Å². The maximum atomic E-state index is 5.42. The van der Waals surface area contributed by atoms with Crippen LogP contribution in [0.5, 0.6) is 17.2 Å². The third kappa shape index (κ3) is 4.79. The largest absolute Gasteiger partial charge is 0.493 e. The topological polar surface area (TPSA) is 43.0 Å². The highest BCUT2D eigenvalue weighted by molar-refractivity contribution is 5.56. The second kappa shape index (κ2) is 8.62. The summed E-state index contributed by atoms with van der Waals surface area (Å²) in [7, 11) is 9.02. The Balaban J connectivity index is 2.24. The number of nitrogens with zero attached hydrogens (tertiary/aromatic N) is 1. The maximum absolute atomic E-state index is 5.42. The van der Waals surface area contributed by atoms with E-state index in [0.717, 1.165) is 17.8 Å². The molecule has 25 heavy (non-hydrogen) atoms. The molecule has 0 heterocycles. The third-order valence-electron chi connectivity index (χ3n) is 3.95. The fraction of sp³-hybridized carbons (Fsp3) is 0.400. The van der Waals surface area contributed by atoms with Crippen LogP contribution in [0.3, 0.4) is 0 Å². The van der Waals surface area contributed by atoms with Crippen molar-refractivity contribution in [2.45, 2.75) is 20.0 Å². The summed E-state index contributed by atoms with van der Waals surface area (Å²) in [5.41, 5.74) is 4.73. The van der Waals surface area contributed by atoms with Crippen molar-refractivity contribution < 1.29 is 14.2 Å². The Bertz CT molecular complexity index is 689. The normalized spacial score (nSPS) is 10.7. The molecule has 0 unspecified atom stereocenters. The molecule has 0 saturated heterocycles. The number of rotatable bonds is 8. The van der Waals surface area contributed by atoms with E-state index in [0.29, 0.717) is 23.8 Å². The summed E-state index contributed by atoms with van der Waals surface area (Å²) in [4.78, 5) is 2.17. The maximum Gasteiger partial charge on any atom is 0.203 e. The summed E-state index contributed by atoms with van der Waals surface area (Å²) in [6.45, 7) is 3.67. The predicted molar refractivity (Wildman–Crippen MR) is 102 cm³/mol. The SMILES string of the molecule is COc1cc(CNc2ccc(C)cc2CN(C)C)cc(OC)c1OC. The standard InChI is InChI=1S/C20H28N2O3/c1-14-7-8-17(16(9-14)13-22(2)3)21-12-15-10-18(23-4)20(25-6)19(11-15)24-5/h7-11,21H,12-13H2,1-6H3. The van der Waals surface area contributed by atoms with Gasteiger partial charge in [0.05, 0.1) is 21.3 Å². The predicted octanol–water partition coefficient (Wildman–Crippen LogP) is 3.69. The molecule has 5 nitrogen and oxygen atoms in total. The second-order valence-electron chi connectivity index (χ2n) is 6.29. The average molecular weight is 344 g/mol. The lowest BCUT2D eigenvalue weighted by Crippen LogP contribution is -2.13. The van der Waals surface area contributed by atoms with E-state index in [-0.39, 0.29) is 0 Å². The minimum atomic E-state index is 0.609. The number of hydrogen-bond acceptors (Lipinski definition) is 5. The van der Waals surface area contributed by atoms with Gasteiger partial charge in [-0.3, -0.25) is 0 Å². The molecular formula is C20H28N2O3. The first-order valence-corrected chi connectivity index (χ1v) is 8.25. The first kappa shape index (κ1) is 18.9. The zero-order chi connectivity index (χ0) is 18.4. The van der Waals surface area contributed by atoms with Gasteiger partial charge in [0.2, 0.25) is 5.75 Å². The zero-order valence-electron chi connectivity index (χ0n) is 16.0. The molecule has 1 N–H and O–H groups in total. The lowest BCUT2D eigenvalue weighted by Gasteiger charge is -2.18. The van der Waals surface area contributed by atoms with Crippen LogP contribution in [0.25, 0.3) is 0 Å². The van der Waals surface area contributed by atoms with Gasteiger partial charge in [-0.1, -0.05) is 17.7 Å². The van der Waals surface area contributed by atoms with Crippen LogP contribution in [-0.2, 0) is 13.1 Å². The number of anilines is 1. The highest BCUT2D eigenvalue weighted by atomic mass is 16.5. The van der Waals surface area contributed by atoms with Crippen LogP contribution in [0.2, 0.25) is 0 Å². The van der Waals surface area contributed by atoms with Gasteiger partial charge in [-0.15, -0.1) is 0 Å². The molecule has 0 aromatic heterocycles. The van der Waals surface area contributed by atoms with Crippen molar-refractivity contribution in [3.8, 4) is 17.2 Å². The quantitative estimate of drug-likeness (QED) is 0.791. The Morgan fingerprint density at radius 3 is 2.08 bits per heavy atom. The van der Waals surface area contributed by atoms with Crippen molar-refractivity contribution in [1.82, 2.24) is 4.90 Å². The highest BCUT2D eigenvalue weighted by Crippen LogP contribution is 2.38. The molecule has 0 aliphatic carbocycles. The molecule has 0 amide bonds. The number of hydrogen-bond donors (Lipinski definition) is 1. The summed E-state index contributed by atoms with van der Waals surface area (Å²) < 4.78 is 16.2. The van der Waals surface area contributed by atoms with Crippen molar-refractivity contribution in [2.24, 2.45) is 0 Å². The van der Waals surface area contributed by atoms with Crippen molar-refractivity contribution in [3.63, 3.8) is 0 Å². The molecule has 0 atom stereocenters. The Morgan fingerprint density at radius 1 is 0.920 bits per heavy atom. The van der Waals surface area contributed by atoms with Crippen LogP contribution >= 0.6 is 0 Å². The van der Waals surface area contributed by atoms with E-state index in [4.69, 9.17) is 14.2 Å². The third-order valence-corrected chi connectivity index (χ3v) is 3.95. The number of ether oxygens (including phenoxy) is 3. The van der Waals surface area contributed by atoms with Crippen LogP contribution < -0.4 is 19.5 Å². The molecule has 136 valence electrons. The molecule has 2 aromatic rings. The van der Waals surface area contributed by atoms with E-state index < -0.39 is 0 Å². The van der Waals surface area contributed by atoms with Gasteiger partial charge in [0, 0.05) is 18.8 Å². The molecule has 2 aromatic carbocycles.